The molecule has 12 heteroatoms. The molecule has 7 rings (SSSR count). The third kappa shape index (κ3) is 6.18. The second-order valence-corrected chi connectivity index (χ2v) is 14.3. The summed E-state index contributed by atoms with van der Waals surface area (Å²) in [6.45, 7) is 4.04. The number of fused-ring (bicyclic) bond motifs is 1. The van der Waals surface area contributed by atoms with Gasteiger partial charge < -0.3 is 14.6 Å². The number of carbonyl (C=O) groups excluding carboxylic acids is 2. The van der Waals surface area contributed by atoms with Gasteiger partial charge in [0.05, 0.1) is 35.9 Å². The lowest BCUT2D eigenvalue weighted by molar-refractivity contribution is -0.117. The van der Waals surface area contributed by atoms with Crippen molar-refractivity contribution in [2.75, 3.05) is 18.6 Å². The van der Waals surface area contributed by atoms with Gasteiger partial charge in [0.25, 0.3) is 5.91 Å². The van der Waals surface area contributed by atoms with E-state index in [1.54, 1.807) is 25.1 Å². The number of Topliss-reactive ketones (excluding diaryl/α,β-unsaturated/α-hetero) is 1. The van der Waals surface area contributed by atoms with Gasteiger partial charge >= 0.3 is 0 Å². The van der Waals surface area contributed by atoms with Gasteiger partial charge in [-0.2, -0.15) is 0 Å². The van der Waals surface area contributed by atoms with Crippen molar-refractivity contribution in [3.8, 4) is 22.1 Å². The highest BCUT2D eigenvalue weighted by atomic mass is 32.2. The van der Waals surface area contributed by atoms with Crippen molar-refractivity contribution in [1.82, 2.24) is 15.2 Å². The van der Waals surface area contributed by atoms with Crippen molar-refractivity contribution in [1.29, 1.82) is 0 Å². The van der Waals surface area contributed by atoms with Crippen LogP contribution < -0.4 is 14.4 Å². The first kappa shape index (κ1) is 32.5. The number of aromatic nitrogens is 3. The van der Waals surface area contributed by atoms with Crippen molar-refractivity contribution in [2.24, 2.45) is 0 Å². The minimum atomic E-state index is -1.02. The average molecular weight is 707 g/mol. The lowest BCUT2D eigenvalue weighted by Crippen LogP contribution is -2.31. The molecule has 0 saturated heterocycles. The van der Waals surface area contributed by atoms with Crippen LogP contribution in [0, 0.1) is 6.92 Å². The number of aliphatic hydroxyl groups is 1. The first-order valence-corrected chi connectivity index (χ1v) is 18.1. The Kier molecular flexibility index (Phi) is 9.17. The fourth-order valence-electron chi connectivity index (χ4n) is 5.83. The number of hydrogen-bond donors (Lipinski definition) is 1. The maximum Gasteiger partial charge on any atom is 0.296 e. The van der Waals surface area contributed by atoms with E-state index < -0.39 is 23.5 Å². The summed E-state index contributed by atoms with van der Waals surface area (Å²) in [6.07, 6.45) is 0. The van der Waals surface area contributed by atoms with E-state index in [0.29, 0.717) is 49.3 Å². The molecule has 6 aromatic rings. The first-order valence-electron chi connectivity index (χ1n) is 15.5. The van der Waals surface area contributed by atoms with Gasteiger partial charge in [-0.1, -0.05) is 102 Å². The molecular formula is C37H30N4O5S3. The number of ether oxygens (including phenoxy) is 2. The van der Waals surface area contributed by atoms with Crippen molar-refractivity contribution in [3.63, 3.8) is 0 Å². The molecule has 1 aliphatic rings. The zero-order chi connectivity index (χ0) is 34.1. The fraction of sp³-hybridized carbons (Fsp3) is 0.162. The molecule has 4 aromatic carbocycles. The third-order valence-corrected chi connectivity index (χ3v) is 11.4. The van der Waals surface area contributed by atoms with Crippen LogP contribution in [0.3, 0.4) is 0 Å². The van der Waals surface area contributed by atoms with Crippen LogP contribution in [0.4, 0.5) is 5.13 Å². The van der Waals surface area contributed by atoms with Gasteiger partial charge in [-0.05, 0) is 47.9 Å². The standard InChI is InChI=1S/C37H30N4O5S3/c1-4-46-27-18-17-24(19-28(27)45-3)30-29(31(42)33-21(2)38-34(48-33)23-12-6-5-7-13-23)32(43)35(44)41(30)36-39-40-37(49-36)47-20-25-15-10-14-22-11-8-9-16-26(22)25/h5-19,30,43H,4,20H2,1-3H3/t30-/m1/s1. The zero-order valence-electron chi connectivity index (χ0n) is 26.7. The fourth-order valence-corrected chi connectivity index (χ4v) is 8.73. The molecule has 0 fully saturated rings. The van der Waals surface area contributed by atoms with E-state index in [9.17, 15) is 14.7 Å². The molecule has 1 atom stereocenters. The van der Waals surface area contributed by atoms with E-state index in [1.165, 1.54) is 46.4 Å². The summed E-state index contributed by atoms with van der Waals surface area (Å²) in [5.41, 5.74) is 2.99. The number of benzene rings is 4. The van der Waals surface area contributed by atoms with Gasteiger partial charge in [0.15, 0.2) is 21.6 Å². The summed E-state index contributed by atoms with van der Waals surface area (Å²) in [6, 6.07) is 28.1. The predicted octanol–water partition coefficient (Wildman–Crippen LogP) is 8.61. The van der Waals surface area contributed by atoms with Gasteiger partial charge in [0.1, 0.15) is 5.01 Å². The Hall–Kier alpha value is -5.04. The molecule has 3 heterocycles. The molecule has 1 N–H and O–H groups in total. The summed E-state index contributed by atoms with van der Waals surface area (Å²) in [4.78, 5) is 34.7. The zero-order valence-corrected chi connectivity index (χ0v) is 29.2. The average Bonchev–Trinajstić information content (AvgIpc) is 3.83. The van der Waals surface area contributed by atoms with Crippen LogP contribution in [-0.4, -0.2) is 45.7 Å². The van der Waals surface area contributed by atoms with Gasteiger partial charge in [-0.25, -0.2) is 4.98 Å². The first-order chi connectivity index (χ1) is 23.9. The Morgan fingerprint density at radius 3 is 2.53 bits per heavy atom. The monoisotopic (exact) mass is 706 g/mol. The number of ketones is 1. The van der Waals surface area contributed by atoms with Crippen molar-refractivity contribution >= 4 is 62.0 Å². The Morgan fingerprint density at radius 1 is 0.959 bits per heavy atom. The molecule has 49 heavy (non-hydrogen) atoms. The Labute approximate surface area is 294 Å². The number of methoxy groups -OCH3 is 1. The quantitative estimate of drug-likeness (QED) is 0.0804. The van der Waals surface area contributed by atoms with Gasteiger partial charge in [-0.15, -0.1) is 21.5 Å². The number of hydrogen-bond acceptors (Lipinski definition) is 11. The van der Waals surface area contributed by atoms with Crippen molar-refractivity contribution < 1.29 is 24.2 Å². The number of rotatable bonds is 11. The second kappa shape index (κ2) is 13.8. The molecule has 2 aromatic heterocycles. The molecule has 0 aliphatic carbocycles. The normalized spacial score (nSPS) is 14.6. The number of anilines is 1. The highest BCUT2D eigenvalue weighted by Crippen LogP contribution is 2.46. The highest BCUT2D eigenvalue weighted by Gasteiger charge is 2.47. The minimum absolute atomic E-state index is 0.0669. The van der Waals surface area contributed by atoms with E-state index in [4.69, 9.17) is 9.47 Å². The number of carbonyl (C=O) groups is 2. The minimum Gasteiger partial charge on any atom is -0.503 e. The van der Waals surface area contributed by atoms with Crippen LogP contribution in [0.1, 0.15) is 39.5 Å². The number of thiazole rings is 1. The van der Waals surface area contributed by atoms with Crippen molar-refractivity contribution in [2.45, 2.75) is 30.0 Å². The second-order valence-electron chi connectivity index (χ2n) is 11.1. The molecule has 1 aliphatic heterocycles. The molecule has 9 nitrogen and oxygen atoms in total. The van der Waals surface area contributed by atoms with Crippen LogP contribution >= 0.6 is 34.4 Å². The number of aliphatic hydroxyl groups excluding tert-OH is 1. The summed E-state index contributed by atoms with van der Waals surface area (Å²) >= 11 is 3.96. The topological polar surface area (TPSA) is 115 Å². The van der Waals surface area contributed by atoms with Crippen LogP contribution in [0.2, 0.25) is 0 Å². The van der Waals surface area contributed by atoms with E-state index >= 15 is 0 Å². The molecule has 0 spiro atoms. The maximum absolute atomic E-state index is 14.4. The molecular weight excluding hydrogens is 677 g/mol. The summed E-state index contributed by atoms with van der Waals surface area (Å²) in [5, 5.41) is 23.5. The van der Waals surface area contributed by atoms with Crippen LogP contribution in [0.25, 0.3) is 21.3 Å². The molecule has 246 valence electrons. The van der Waals surface area contributed by atoms with Gasteiger partial charge in [0.2, 0.25) is 10.9 Å². The molecule has 0 bridgehead atoms. The summed E-state index contributed by atoms with van der Waals surface area (Å²) in [5.74, 6) is -0.289. The van der Waals surface area contributed by atoms with Crippen LogP contribution in [0.15, 0.2) is 107 Å². The van der Waals surface area contributed by atoms with Crippen molar-refractivity contribution in [3.05, 3.63) is 124 Å². The highest BCUT2D eigenvalue weighted by molar-refractivity contribution is 8.00. The number of amides is 1. The van der Waals surface area contributed by atoms with Crippen LogP contribution in [-0.2, 0) is 10.5 Å². The third-order valence-electron chi connectivity index (χ3n) is 8.11. The predicted molar refractivity (Wildman–Crippen MR) is 194 cm³/mol. The van der Waals surface area contributed by atoms with Gasteiger partial charge in [0, 0.05) is 11.3 Å². The number of thioether (sulfide) groups is 1. The smallest absolute Gasteiger partial charge is 0.296 e. The largest absolute Gasteiger partial charge is 0.503 e. The number of nitrogens with zero attached hydrogens (tertiary/aromatic N) is 4. The SMILES string of the molecule is CCOc1ccc([C@@H]2C(C(=O)c3sc(-c4ccccc4)nc3C)=C(O)C(=O)N2c2nnc(SCc3cccc4ccccc34)s2)cc1OC. The Bertz CT molecular complexity index is 2220. The summed E-state index contributed by atoms with van der Waals surface area (Å²) in [7, 11) is 1.52. The van der Waals surface area contributed by atoms with Gasteiger partial charge in [-0.3, -0.25) is 14.5 Å². The van der Waals surface area contributed by atoms with E-state index in [2.05, 4.69) is 39.4 Å². The lowest BCUT2D eigenvalue weighted by atomic mass is 9.95. The maximum atomic E-state index is 14.4. The van der Waals surface area contributed by atoms with E-state index in [1.807, 2.05) is 55.5 Å². The van der Waals surface area contributed by atoms with E-state index in [0.717, 1.165) is 21.9 Å². The Balaban J connectivity index is 1.26. The Morgan fingerprint density at radius 2 is 1.73 bits per heavy atom. The number of aryl methyl sites for hydroxylation is 1. The van der Waals surface area contributed by atoms with Crippen LogP contribution in [0.5, 0.6) is 11.5 Å². The summed E-state index contributed by atoms with van der Waals surface area (Å²) < 4.78 is 12.0. The molecule has 0 unspecified atom stereocenters. The lowest BCUT2D eigenvalue weighted by Gasteiger charge is -2.24. The molecule has 1 amide bonds. The molecule has 0 saturated carbocycles. The molecule has 0 radical (unpaired) electrons. The van der Waals surface area contributed by atoms with E-state index in [-0.39, 0.29) is 10.7 Å².